The van der Waals surface area contributed by atoms with Crippen LogP contribution in [0.1, 0.15) is 418 Å². The van der Waals surface area contributed by atoms with E-state index in [1.165, 1.54) is 334 Å². The first-order valence-electron chi connectivity index (χ1n) is 37.7. The molecule has 0 rings (SSSR count). The van der Waals surface area contributed by atoms with Gasteiger partial charge >= 0.3 is 11.9 Å². The molecule has 1 unspecified atom stereocenters. The highest BCUT2D eigenvalue weighted by atomic mass is 16.6. The van der Waals surface area contributed by atoms with Crippen LogP contribution in [-0.4, -0.2) is 36.4 Å². The second-order valence-corrected chi connectivity index (χ2v) is 25.7. The van der Waals surface area contributed by atoms with Crippen molar-refractivity contribution in [3.63, 3.8) is 0 Å². The van der Waals surface area contributed by atoms with Gasteiger partial charge in [-0.2, -0.15) is 0 Å². The zero-order valence-electron chi connectivity index (χ0n) is 56.2. The summed E-state index contributed by atoms with van der Waals surface area (Å²) in [5, 5.41) is 9.72. The van der Waals surface area contributed by atoms with E-state index in [4.69, 9.17) is 9.47 Å². The number of carbonyl (C=O) groups is 2. The lowest BCUT2D eigenvalue weighted by Gasteiger charge is -2.15. The van der Waals surface area contributed by atoms with Crippen LogP contribution >= 0.6 is 0 Å². The molecule has 488 valence electrons. The van der Waals surface area contributed by atoms with Crippen LogP contribution in [0.5, 0.6) is 0 Å². The molecule has 0 fully saturated rings. The molecule has 83 heavy (non-hydrogen) atoms. The van der Waals surface area contributed by atoms with E-state index in [1.807, 2.05) is 0 Å². The second kappa shape index (κ2) is 74.1. The summed E-state index contributed by atoms with van der Waals surface area (Å²) in [6.07, 6.45) is 100. The van der Waals surface area contributed by atoms with E-state index in [1.54, 1.807) is 0 Å². The molecule has 0 heterocycles. The van der Waals surface area contributed by atoms with Gasteiger partial charge in [-0.1, -0.05) is 403 Å². The van der Waals surface area contributed by atoms with Gasteiger partial charge in [0.2, 0.25) is 0 Å². The van der Waals surface area contributed by atoms with Gasteiger partial charge in [-0.15, -0.1) is 0 Å². The molecular formula is C78H146O5. The number of ether oxygens (including phenoxy) is 2. The zero-order valence-corrected chi connectivity index (χ0v) is 56.2. The van der Waals surface area contributed by atoms with Crippen LogP contribution in [0.2, 0.25) is 0 Å². The molecule has 0 spiro atoms. The Balaban J connectivity index is 3.36. The fourth-order valence-electron chi connectivity index (χ4n) is 11.8. The minimum Gasteiger partial charge on any atom is -0.462 e. The van der Waals surface area contributed by atoms with Crippen LogP contribution in [0.25, 0.3) is 0 Å². The summed E-state index contributed by atoms with van der Waals surface area (Å²) in [5.74, 6) is -0.564. The number of hydrogen-bond donors (Lipinski definition) is 1. The summed E-state index contributed by atoms with van der Waals surface area (Å²) in [6.45, 7) is 4.10. The summed E-state index contributed by atoms with van der Waals surface area (Å²) >= 11 is 0. The van der Waals surface area contributed by atoms with Crippen molar-refractivity contribution < 1.29 is 24.2 Å². The number of aliphatic hydroxyl groups is 1. The largest absolute Gasteiger partial charge is 0.462 e. The molecular weight excluding hydrogens is 1020 g/mol. The van der Waals surface area contributed by atoms with E-state index >= 15 is 0 Å². The molecule has 5 heteroatoms. The van der Waals surface area contributed by atoms with E-state index in [0.29, 0.717) is 12.8 Å². The van der Waals surface area contributed by atoms with Crippen molar-refractivity contribution >= 4 is 11.9 Å². The lowest BCUT2D eigenvalue weighted by molar-refractivity contribution is -0.161. The average molecular weight is 1160 g/mol. The highest BCUT2D eigenvalue weighted by molar-refractivity contribution is 5.70. The van der Waals surface area contributed by atoms with Crippen molar-refractivity contribution in [1.29, 1.82) is 0 Å². The van der Waals surface area contributed by atoms with Gasteiger partial charge in [0.15, 0.2) is 6.10 Å². The SMILES string of the molecule is CC/C=C\C/C=C\C/C=C\C/C=C\CCCCCCCCCCCCCCCCCCCCCCC(=O)OC(CO)COC(=O)CCCCCCCCCCCCCCCCCCCCCCCCCCCCCCCCCCCCCC. The lowest BCUT2D eigenvalue weighted by Crippen LogP contribution is -2.28. The number of hydrogen-bond acceptors (Lipinski definition) is 5. The monoisotopic (exact) mass is 1160 g/mol. The molecule has 0 saturated heterocycles. The van der Waals surface area contributed by atoms with Crippen molar-refractivity contribution in [3.05, 3.63) is 48.6 Å². The molecule has 0 aromatic rings. The summed E-state index contributed by atoms with van der Waals surface area (Å²) in [7, 11) is 0. The number of aliphatic hydroxyl groups excluding tert-OH is 1. The molecule has 0 amide bonds. The van der Waals surface area contributed by atoms with E-state index in [-0.39, 0.29) is 25.2 Å². The molecule has 0 aliphatic carbocycles. The van der Waals surface area contributed by atoms with Gasteiger partial charge in [-0.3, -0.25) is 9.59 Å². The maximum absolute atomic E-state index is 12.4. The minimum absolute atomic E-state index is 0.0592. The van der Waals surface area contributed by atoms with Crippen molar-refractivity contribution in [2.45, 2.75) is 424 Å². The summed E-state index contributed by atoms with van der Waals surface area (Å²) in [6, 6.07) is 0. The van der Waals surface area contributed by atoms with Crippen molar-refractivity contribution in [1.82, 2.24) is 0 Å². The Labute approximate surface area is 519 Å². The van der Waals surface area contributed by atoms with Crippen LogP contribution in [0, 0.1) is 0 Å². The Morgan fingerprint density at radius 1 is 0.289 bits per heavy atom. The van der Waals surface area contributed by atoms with Crippen LogP contribution < -0.4 is 0 Å². The van der Waals surface area contributed by atoms with Crippen LogP contribution in [0.3, 0.4) is 0 Å². The quantitative estimate of drug-likeness (QED) is 0.0373. The molecule has 1 atom stereocenters. The molecule has 5 nitrogen and oxygen atoms in total. The van der Waals surface area contributed by atoms with E-state index < -0.39 is 6.10 Å². The number of allylic oxidation sites excluding steroid dienone is 8. The molecule has 0 aliphatic heterocycles. The molecule has 0 saturated carbocycles. The van der Waals surface area contributed by atoms with E-state index in [9.17, 15) is 14.7 Å². The summed E-state index contributed by atoms with van der Waals surface area (Å²) < 4.78 is 10.8. The molecule has 0 radical (unpaired) electrons. The Bertz CT molecular complexity index is 1360. The van der Waals surface area contributed by atoms with Crippen molar-refractivity contribution in [2.75, 3.05) is 13.2 Å². The maximum atomic E-state index is 12.4. The normalized spacial score (nSPS) is 12.4. The van der Waals surface area contributed by atoms with Gasteiger partial charge in [0.1, 0.15) is 6.61 Å². The fraction of sp³-hybridized carbons (Fsp3) is 0.872. The van der Waals surface area contributed by atoms with Crippen LogP contribution in [0.15, 0.2) is 48.6 Å². The molecule has 0 bridgehead atoms. The standard InChI is InChI=1S/C78H146O5/c1-3-5-7-9-11-13-15-17-19-21-23-25-27-29-31-33-35-37-38-39-41-42-44-46-48-50-52-54-56-58-60-62-64-66-68-70-72-77(80)82-75-76(74-79)83-78(81)73-71-69-67-65-63-61-59-57-55-53-51-49-47-45-43-40-36-34-32-30-28-26-24-22-20-18-16-14-12-10-8-6-4-2/h6,8,12,14,18,20,24,26,76,79H,3-5,7,9-11,13,15-17,19,21-23,25,27-75H2,1-2H3/b8-6-,14-12-,20-18-,26-24-. The van der Waals surface area contributed by atoms with Crippen LogP contribution in [0.4, 0.5) is 0 Å². The van der Waals surface area contributed by atoms with Gasteiger partial charge in [0, 0.05) is 12.8 Å². The lowest BCUT2D eigenvalue weighted by atomic mass is 10.0. The molecule has 0 aromatic heterocycles. The Morgan fingerprint density at radius 2 is 0.518 bits per heavy atom. The maximum Gasteiger partial charge on any atom is 0.306 e. The first-order chi connectivity index (χ1) is 41.1. The molecule has 0 aromatic carbocycles. The van der Waals surface area contributed by atoms with Gasteiger partial charge in [0.05, 0.1) is 6.61 Å². The highest BCUT2D eigenvalue weighted by Gasteiger charge is 2.16. The number of carbonyl (C=O) groups excluding carboxylic acids is 2. The van der Waals surface area contributed by atoms with Gasteiger partial charge < -0.3 is 14.6 Å². The molecule has 0 aliphatic rings. The predicted octanol–water partition coefficient (Wildman–Crippen LogP) is 26.3. The van der Waals surface area contributed by atoms with Gasteiger partial charge in [-0.25, -0.2) is 0 Å². The Hall–Kier alpha value is -2.14. The third kappa shape index (κ3) is 72.2. The smallest absolute Gasteiger partial charge is 0.306 e. The number of esters is 2. The van der Waals surface area contributed by atoms with Crippen molar-refractivity contribution in [3.8, 4) is 0 Å². The third-order valence-corrected chi connectivity index (χ3v) is 17.4. The summed E-state index contributed by atoms with van der Waals surface area (Å²) in [4.78, 5) is 24.7. The van der Waals surface area contributed by atoms with Crippen LogP contribution in [-0.2, 0) is 19.1 Å². The van der Waals surface area contributed by atoms with Gasteiger partial charge in [0.25, 0.3) is 0 Å². The van der Waals surface area contributed by atoms with E-state index in [0.717, 1.165) is 57.8 Å². The first kappa shape index (κ1) is 80.9. The first-order valence-corrected chi connectivity index (χ1v) is 37.7. The predicted molar refractivity (Wildman–Crippen MR) is 367 cm³/mol. The topological polar surface area (TPSA) is 72.8 Å². The zero-order chi connectivity index (χ0) is 59.8. The second-order valence-electron chi connectivity index (χ2n) is 25.7. The van der Waals surface area contributed by atoms with Crippen molar-refractivity contribution in [2.24, 2.45) is 0 Å². The fourth-order valence-corrected chi connectivity index (χ4v) is 11.8. The average Bonchev–Trinajstić information content (AvgIpc) is 3.49. The molecule has 1 N–H and O–H groups in total. The summed E-state index contributed by atoms with van der Waals surface area (Å²) in [5.41, 5.74) is 0. The Kier molecular flexibility index (Phi) is 72.2. The minimum atomic E-state index is -0.771. The number of unbranched alkanes of at least 4 members (excludes halogenated alkanes) is 55. The third-order valence-electron chi connectivity index (χ3n) is 17.4. The highest BCUT2D eigenvalue weighted by Crippen LogP contribution is 2.20. The Morgan fingerprint density at radius 3 is 0.783 bits per heavy atom. The van der Waals surface area contributed by atoms with E-state index in [2.05, 4.69) is 62.5 Å². The number of rotatable bonds is 71. The van der Waals surface area contributed by atoms with Gasteiger partial charge in [-0.05, 0) is 51.4 Å².